The minimum Gasteiger partial charge on any atom is -0.312 e. The molecule has 8 nitrogen and oxygen atoms in total. The molecule has 1 saturated heterocycles. The lowest BCUT2D eigenvalue weighted by Gasteiger charge is -2.16. The summed E-state index contributed by atoms with van der Waals surface area (Å²) < 4.78 is 0. The van der Waals surface area contributed by atoms with Crippen molar-refractivity contribution in [1.29, 1.82) is 0 Å². The van der Waals surface area contributed by atoms with Crippen molar-refractivity contribution in [2.24, 2.45) is 11.8 Å². The summed E-state index contributed by atoms with van der Waals surface area (Å²) in [5.41, 5.74) is 2.50. The molecule has 3 N–H and O–H groups in total. The lowest BCUT2D eigenvalue weighted by molar-refractivity contribution is -0.384. The van der Waals surface area contributed by atoms with Gasteiger partial charge in [-0.1, -0.05) is 0 Å². The number of nitro groups is 1. The molecule has 100 valence electrons. The molecule has 0 aliphatic carbocycles. The molecule has 2 rings (SSSR count). The van der Waals surface area contributed by atoms with E-state index >= 15 is 0 Å². The second-order valence-electron chi connectivity index (χ2n) is 4.19. The molecule has 2 amide bonds. The molecule has 0 saturated carbocycles. The second kappa shape index (κ2) is 5.02. The van der Waals surface area contributed by atoms with Gasteiger partial charge < -0.3 is 4.90 Å². The van der Waals surface area contributed by atoms with Gasteiger partial charge in [-0.3, -0.25) is 25.1 Å². The summed E-state index contributed by atoms with van der Waals surface area (Å²) >= 11 is 0. The fourth-order valence-corrected chi connectivity index (χ4v) is 2.00. The maximum atomic E-state index is 11.8. The van der Waals surface area contributed by atoms with Crippen LogP contribution in [-0.4, -0.2) is 23.3 Å². The van der Waals surface area contributed by atoms with Crippen molar-refractivity contribution < 1.29 is 14.5 Å². The average molecular weight is 264 g/mol. The quantitative estimate of drug-likeness (QED) is 0.343. The molecule has 1 fully saturated rings. The molecule has 1 atom stereocenters. The number of carbonyl (C=O) groups is 2. The molecule has 0 spiro atoms. The molecular weight excluding hydrogens is 252 g/mol. The smallest absolute Gasteiger partial charge is 0.269 e. The first-order valence-corrected chi connectivity index (χ1v) is 5.58. The number of anilines is 1. The van der Waals surface area contributed by atoms with Gasteiger partial charge in [0.25, 0.3) is 5.69 Å². The monoisotopic (exact) mass is 264 g/mol. The number of nitrogens with zero attached hydrogens (tertiary/aromatic N) is 2. The maximum absolute atomic E-state index is 11.8. The number of nitro benzene ring substituents is 1. The van der Waals surface area contributed by atoms with Gasteiger partial charge >= 0.3 is 0 Å². The number of non-ortho nitro benzene ring substituents is 1. The third-order valence-electron chi connectivity index (χ3n) is 3.01. The van der Waals surface area contributed by atoms with Crippen LogP contribution in [0.3, 0.4) is 0 Å². The Balaban J connectivity index is 2.16. The number of nitrogens with two attached hydrogens (primary N) is 1. The van der Waals surface area contributed by atoms with E-state index < -0.39 is 16.7 Å². The van der Waals surface area contributed by atoms with Gasteiger partial charge in [0.05, 0.1) is 10.8 Å². The molecule has 0 bridgehead atoms. The number of amides is 2. The first-order chi connectivity index (χ1) is 9.02. The average Bonchev–Trinajstić information content (AvgIpc) is 2.80. The van der Waals surface area contributed by atoms with Crippen LogP contribution in [0.4, 0.5) is 11.4 Å². The molecule has 1 unspecified atom stereocenters. The van der Waals surface area contributed by atoms with E-state index in [4.69, 9.17) is 5.84 Å². The van der Waals surface area contributed by atoms with Gasteiger partial charge in [0.2, 0.25) is 11.8 Å². The summed E-state index contributed by atoms with van der Waals surface area (Å²) in [6, 6.07) is 5.61. The molecule has 1 heterocycles. The van der Waals surface area contributed by atoms with Crippen LogP contribution in [0.2, 0.25) is 0 Å². The fraction of sp³-hybridized carbons (Fsp3) is 0.273. The Morgan fingerprint density at radius 1 is 1.42 bits per heavy atom. The highest BCUT2D eigenvalue weighted by Gasteiger charge is 2.34. The number of benzene rings is 1. The SMILES string of the molecule is NNC(=O)C1CC(=O)N(c2ccc([N+](=O)[O-])cc2)C1. The third-order valence-corrected chi connectivity index (χ3v) is 3.01. The zero-order chi connectivity index (χ0) is 14.0. The van der Waals surface area contributed by atoms with Crippen LogP contribution in [0.5, 0.6) is 0 Å². The van der Waals surface area contributed by atoms with E-state index in [1.807, 2.05) is 5.43 Å². The second-order valence-corrected chi connectivity index (χ2v) is 4.19. The number of hydrogen-bond donors (Lipinski definition) is 2. The minimum absolute atomic E-state index is 0.0494. The standard InChI is InChI=1S/C11H12N4O4/c12-13-11(17)7-5-10(16)14(6-7)8-1-3-9(4-2-8)15(18)19/h1-4,7H,5-6,12H2,(H,13,17). The van der Waals surface area contributed by atoms with Crippen LogP contribution >= 0.6 is 0 Å². The van der Waals surface area contributed by atoms with E-state index in [9.17, 15) is 19.7 Å². The van der Waals surface area contributed by atoms with Crippen molar-refractivity contribution in [2.45, 2.75) is 6.42 Å². The molecule has 1 aromatic carbocycles. The Bertz CT molecular complexity index is 528. The fourth-order valence-electron chi connectivity index (χ4n) is 2.00. The van der Waals surface area contributed by atoms with Gasteiger partial charge in [-0.05, 0) is 12.1 Å². The Hall–Kier alpha value is -2.48. The number of nitrogens with one attached hydrogen (secondary N) is 1. The highest BCUT2D eigenvalue weighted by atomic mass is 16.6. The van der Waals surface area contributed by atoms with Crippen LogP contribution in [0, 0.1) is 16.0 Å². The summed E-state index contributed by atoms with van der Waals surface area (Å²) in [5, 5.41) is 10.5. The lowest BCUT2D eigenvalue weighted by Crippen LogP contribution is -2.37. The van der Waals surface area contributed by atoms with Gasteiger partial charge in [-0.2, -0.15) is 0 Å². The molecular formula is C11H12N4O4. The van der Waals surface area contributed by atoms with Crippen molar-refractivity contribution in [2.75, 3.05) is 11.4 Å². The summed E-state index contributed by atoms with van der Waals surface area (Å²) in [5.74, 6) is 3.94. The van der Waals surface area contributed by atoms with Gasteiger partial charge in [0.15, 0.2) is 0 Å². The number of hydrogen-bond acceptors (Lipinski definition) is 5. The number of hydrazine groups is 1. The maximum Gasteiger partial charge on any atom is 0.269 e. The van der Waals surface area contributed by atoms with E-state index in [1.54, 1.807) is 0 Å². The van der Waals surface area contributed by atoms with Crippen LogP contribution in [0.25, 0.3) is 0 Å². The first kappa shape index (κ1) is 13.0. The summed E-state index contributed by atoms with van der Waals surface area (Å²) in [7, 11) is 0. The minimum atomic E-state index is -0.514. The predicted molar refractivity (Wildman–Crippen MR) is 65.9 cm³/mol. The van der Waals surface area contributed by atoms with Crippen molar-refractivity contribution in [3.63, 3.8) is 0 Å². The van der Waals surface area contributed by atoms with Gasteiger partial charge in [0.1, 0.15) is 0 Å². The van der Waals surface area contributed by atoms with Crippen LogP contribution in [0.15, 0.2) is 24.3 Å². The Morgan fingerprint density at radius 2 is 2.05 bits per heavy atom. The first-order valence-electron chi connectivity index (χ1n) is 5.58. The summed E-state index contributed by atoms with van der Waals surface area (Å²) in [4.78, 5) is 34.6. The zero-order valence-electron chi connectivity index (χ0n) is 9.91. The van der Waals surface area contributed by atoms with E-state index in [1.165, 1.54) is 29.2 Å². The van der Waals surface area contributed by atoms with Gasteiger partial charge in [0, 0.05) is 30.8 Å². The van der Waals surface area contributed by atoms with E-state index in [2.05, 4.69) is 0 Å². The van der Waals surface area contributed by atoms with Crippen LogP contribution in [-0.2, 0) is 9.59 Å². The topological polar surface area (TPSA) is 119 Å². The zero-order valence-corrected chi connectivity index (χ0v) is 9.91. The lowest BCUT2D eigenvalue weighted by atomic mass is 10.1. The van der Waals surface area contributed by atoms with Crippen LogP contribution in [0.1, 0.15) is 6.42 Å². The predicted octanol–water partition coefficient (Wildman–Crippen LogP) is -0.0624. The molecule has 1 aliphatic rings. The van der Waals surface area contributed by atoms with Gasteiger partial charge in [-0.15, -0.1) is 0 Å². The third kappa shape index (κ3) is 2.52. The van der Waals surface area contributed by atoms with Crippen molar-refractivity contribution in [1.82, 2.24) is 5.43 Å². The number of carbonyl (C=O) groups excluding carboxylic acids is 2. The molecule has 1 aliphatic heterocycles. The van der Waals surface area contributed by atoms with E-state index in [-0.39, 0.29) is 24.6 Å². The summed E-state index contributed by atoms with van der Waals surface area (Å²) in [6.45, 7) is 0.222. The van der Waals surface area contributed by atoms with Crippen molar-refractivity contribution in [3.8, 4) is 0 Å². The highest BCUT2D eigenvalue weighted by molar-refractivity contribution is 6.00. The normalized spacial score (nSPS) is 18.5. The molecule has 1 aromatic rings. The molecule has 19 heavy (non-hydrogen) atoms. The van der Waals surface area contributed by atoms with Crippen LogP contribution < -0.4 is 16.2 Å². The van der Waals surface area contributed by atoms with Crippen molar-refractivity contribution in [3.05, 3.63) is 34.4 Å². The number of rotatable bonds is 3. The van der Waals surface area contributed by atoms with Gasteiger partial charge in [-0.25, -0.2) is 5.84 Å². The highest BCUT2D eigenvalue weighted by Crippen LogP contribution is 2.26. The molecule has 8 heteroatoms. The Morgan fingerprint density at radius 3 is 2.58 bits per heavy atom. The molecule has 0 radical (unpaired) electrons. The largest absolute Gasteiger partial charge is 0.312 e. The van der Waals surface area contributed by atoms with Crippen molar-refractivity contribution >= 4 is 23.2 Å². The van der Waals surface area contributed by atoms with E-state index in [0.717, 1.165) is 0 Å². The Labute approximate surface area is 108 Å². The Kier molecular flexibility index (Phi) is 3.43. The summed E-state index contributed by atoms with van der Waals surface area (Å²) in [6.07, 6.45) is 0.0834. The van der Waals surface area contributed by atoms with E-state index in [0.29, 0.717) is 5.69 Å². The molecule has 0 aromatic heterocycles.